The van der Waals surface area contributed by atoms with E-state index in [1.54, 1.807) is 0 Å². The summed E-state index contributed by atoms with van der Waals surface area (Å²) in [4.78, 5) is 6.82. The zero-order chi connectivity index (χ0) is 12.3. The molecule has 1 aliphatic rings. The van der Waals surface area contributed by atoms with E-state index in [0.29, 0.717) is 12.6 Å². The van der Waals surface area contributed by atoms with Gasteiger partial charge in [-0.25, -0.2) is 4.98 Å². The Kier molecular flexibility index (Phi) is 4.18. The average Bonchev–Trinajstić information content (AvgIpc) is 3.07. The average molecular weight is 236 g/mol. The fourth-order valence-electron chi connectivity index (χ4n) is 2.60. The summed E-state index contributed by atoms with van der Waals surface area (Å²) >= 11 is 0. The molecule has 1 unspecified atom stereocenters. The van der Waals surface area contributed by atoms with Gasteiger partial charge in [-0.15, -0.1) is 0 Å². The summed E-state index contributed by atoms with van der Waals surface area (Å²) in [7, 11) is 0. The lowest BCUT2D eigenvalue weighted by Gasteiger charge is -2.30. The quantitative estimate of drug-likeness (QED) is 0.785. The number of hydrogen-bond acceptors (Lipinski definition) is 3. The molecule has 0 radical (unpaired) electrons. The molecule has 0 bridgehead atoms. The molecule has 1 fully saturated rings. The van der Waals surface area contributed by atoms with Crippen LogP contribution in [0.15, 0.2) is 12.5 Å². The van der Waals surface area contributed by atoms with E-state index in [0.717, 1.165) is 25.6 Å². The van der Waals surface area contributed by atoms with Gasteiger partial charge in [0.2, 0.25) is 0 Å². The predicted molar refractivity (Wildman–Crippen MR) is 69.7 cm³/mol. The van der Waals surface area contributed by atoms with Gasteiger partial charge in [-0.2, -0.15) is 0 Å². The van der Waals surface area contributed by atoms with Crippen LogP contribution in [0.25, 0.3) is 0 Å². The summed E-state index contributed by atoms with van der Waals surface area (Å²) in [6, 6.07) is 1.08. The molecule has 0 aromatic carbocycles. The molecule has 1 aliphatic carbocycles. The molecule has 2 rings (SSSR count). The minimum absolute atomic E-state index is 0.335. The number of aryl methyl sites for hydroxylation is 1. The highest BCUT2D eigenvalue weighted by molar-refractivity contribution is 5.08. The van der Waals surface area contributed by atoms with Crippen molar-refractivity contribution in [1.82, 2.24) is 14.5 Å². The largest absolute Gasteiger partial charge is 0.333 e. The zero-order valence-corrected chi connectivity index (χ0v) is 11.0. The topological polar surface area (TPSA) is 47.1 Å². The fraction of sp³-hybridized carbons (Fsp3) is 0.769. The molecular formula is C13H24N4. The molecule has 4 heteroatoms. The first kappa shape index (κ1) is 12.6. The Morgan fingerprint density at radius 2 is 2.29 bits per heavy atom. The van der Waals surface area contributed by atoms with Gasteiger partial charge < -0.3 is 10.3 Å². The Hall–Kier alpha value is -0.870. The van der Waals surface area contributed by atoms with Crippen LogP contribution in [-0.4, -0.2) is 33.6 Å². The Bertz CT molecular complexity index is 343. The Morgan fingerprint density at radius 1 is 1.53 bits per heavy atom. The smallest absolute Gasteiger partial charge is 0.0948 e. The third-order valence-electron chi connectivity index (χ3n) is 3.56. The van der Waals surface area contributed by atoms with Crippen LogP contribution in [-0.2, 0) is 6.54 Å². The molecule has 0 saturated heterocycles. The number of imidazole rings is 1. The van der Waals surface area contributed by atoms with Crippen LogP contribution in [0, 0.1) is 0 Å². The van der Waals surface area contributed by atoms with Gasteiger partial charge in [0.1, 0.15) is 0 Å². The molecule has 96 valence electrons. The lowest BCUT2D eigenvalue weighted by molar-refractivity contribution is 0.194. The van der Waals surface area contributed by atoms with E-state index < -0.39 is 0 Å². The van der Waals surface area contributed by atoms with E-state index >= 15 is 0 Å². The summed E-state index contributed by atoms with van der Waals surface area (Å²) < 4.78 is 2.25. The number of nitrogens with two attached hydrogens (primary N) is 1. The van der Waals surface area contributed by atoms with Crippen LogP contribution in [0.4, 0.5) is 0 Å². The second kappa shape index (κ2) is 5.65. The molecule has 0 amide bonds. The maximum Gasteiger partial charge on any atom is 0.0948 e. The number of hydrogen-bond donors (Lipinski definition) is 1. The Morgan fingerprint density at radius 3 is 2.82 bits per heavy atom. The van der Waals surface area contributed by atoms with Crippen molar-refractivity contribution in [2.45, 2.75) is 51.7 Å². The van der Waals surface area contributed by atoms with Gasteiger partial charge in [0.25, 0.3) is 0 Å². The van der Waals surface area contributed by atoms with Crippen molar-refractivity contribution in [1.29, 1.82) is 0 Å². The molecule has 0 spiro atoms. The standard InChI is InChI=1S/C13H24N4/c1-3-7-16-10-15-9-13(16)12(8-14)17(4-2)11-5-6-11/h9-12H,3-8,14H2,1-2H3. The fourth-order valence-corrected chi connectivity index (χ4v) is 2.60. The molecule has 17 heavy (non-hydrogen) atoms. The van der Waals surface area contributed by atoms with Crippen LogP contribution >= 0.6 is 0 Å². The Labute approximate surface area is 104 Å². The molecular weight excluding hydrogens is 212 g/mol. The first-order valence-corrected chi connectivity index (χ1v) is 6.77. The van der Waals surface area contributed by atoms with Gasteiger partial charge in [0.05, 0.1) is 18.1 Å². The lowest BCUT2D eigenvalue weighted by atomic mass is 10.1. The molecule has 1 aromatic heterocycles. The lowest BCUT2D eigenvalue weighted by Crippen LogP contribution is -2.36. The Balaban J connectivity index is 2.17. The highest BCUT2D eigenvalue weighted by Gasteiger charge is 2.34. The molecule has 0 aliphatic heterocycles. The minimum Gasteiger partial charge on any atom is -0.333 e. The van der Waals surface area contributed by atoms with Gasteiger partial charge in [-0.3, -0.25) is 4.90 Å². The number of aromatic nitrogens is 2. The molecule has 4 nitrogen and oxygen atoms in total. The van der Waals surface area contributed by atoms with Crippen molar-refractivity contribution >= 4 is 0 Å². The van der Waals surface area contributed by atoms with Crippen LogP contribution in [0.5, 0.6) is 0 Å². The van der Waals surface area contributed by atoms with E-state index in [4.69, 9.17) is 5.73 Å². The second-order valence-electron chi connectivity index (χ2n) is 4.83. The summed E-state index contributed by atoms with van der Waals surface area (Å²) in [5, 5.41) is 0. The third kappa shape index (κ3) is 2.69. The third-order valence-corrected chi connectivity index (χ3v) is 3.56. The zero-order valence-electron chi connectivity index (χ0n) is 11.0. The SMILES string of the molecule is CCCn1cncc1C(CN)N(CC)C1CC1. The van der Waals surface area contributed by atoms with E-state index in [1.807, 2.05) is 12.5 Å². The van der Waals surface area contributed by atoms with Crippen molar-refractivity contribution < 1.29 is 0 Å². The highest BCUT2D eigenvalue weighted by atomic mass is 15.2. The van der Waals surface area contributed by atoms with E-state index in [2.05, 4.69) is 28.3 Å². The maximum atomic E-state index is 5.99. The number of nitrogens with zero attached hydrogens (tertiary/aromatic N) is 3. The van der Waals surface area contributed by atoms with Crippen molar-refractivity contribution in [2.24, 2.45) is 5.73 Å². The normalized spacial score (nSPS) is 17.6. The molecule has 1 saturated carbocycles. The van der Waals surface area contributed by atoms with Gasteiger partial charge in [-0.1, -0.05) is 13.8 Å². The van der Waals surface area contributed by atoms with Gasteiger partial charge >= 0.3 is 0 Å². The van der Waals surface area contributed by atoms with Crippen molar-refractivity contribution in [2.75, 3.05) is 13.1 Å². The van der Waals surface area contributed by atoms with Gasteiger partial charge in [0, 0.05) is 25.3 Å². The van der Waals surface area contributed by atoms with Crippen LogP contribution < -0.4 is 5.73 Å². The number of rotatable bonds is 7. The maximum absolute atomic E-state index is 5.99. The van der Waals surface area contributed by atoms with Gasteiger partial charge in [-0.05, 0) is 25.8 Å². The van der Waals surface area contributed by atoms with Crippen molar-refractivity contribution in [3.05, 3.63) is 18.2 Å². The van der Waals surface area contributed by atoms with Gasteiger partial charge in [0.15, 0.2) is 0 Å². The predicted octanol–water partition coefficient (Wildman–Crippen LogP) is 1.78. The summed E-state index contributed by atoms with van der Waals surface area (Å²) in [5.41, 5.74) is 7.27. The van der Waals surface area contributed by atoms with Crippen LogP contribution in [0.1, 0.15) is 44.8 Å². The summed E-state index contributed by atoms with van der Waals surface area (Å²) in [5.74, 6) is 0. The molecule has 1 aromatic rings. The van der Waals surface area contributed by atoms with Crippen LogP contribution in [0.2, 0.25) is 0 Å². The molecule has 1 heterocycles. The van der Waals surface area contributed by atoms with E-state index in [-0.39, 0.29) is 0 Å². The molecule has 1 atom stereocenters. The van der Waals surface area contributed by atoms with E-state index in [9.17, 15) is 0 Å². The monoisotopic (exact) mass is 236 g/mol. The van der Waals surface area contributed by atoms with E-state index in [1.165, 1.54) is 18.5 Å². The van der Waals surface area contributed by atoms with Crippen molar-refractivity contribution in [3.8, 4) is 0 Å². The highest BCUT2D eigenvalue weighted by Crippen LogP contribution is 2.33. The minimum atomic E-state index is 0.335. The first-order chi connectivity index (χ1) is 8.31. The first-order valence-electron chi connectivity index (χ1n) is 6.77. The molecule has 2 N–H and O–H groups in total. The summed E-state index contributed by atoms with van der Waals surface area (Å²) in [6.45, 7) is 7.21. The summed E-state index contributed by atoms with van der Waals surface area (Å²) in [6.07, 6.45) is 7.70. The van der Waals surface area contributed by atoms with Crippen LogP contribution in [0.3, 0.4) is 0 Å². The number of likely N-dealkylation sites (N-methyl/N-ethyl adjacent to an activating group) is 1. The second-order valence-corrected chi connectivity index (χ2v) is 4.83. The van der Waals surface area contributed by atoms with Crippen molar-refractivity contribution in [3.63, 3.8) is 0 Å².